The summed E-state index contributed by atoms with van der Waals surface area (Å²) in [6, 6.07) is 8.94. The molecule has 1 N–H and O–H groups in total. The number of aliphatic hydroxyl groups excluding tert-OH is 1. The van der Waals surface area contributed by atoms with Crippen LogP contribution in [0.4, 0.5) is 5.00 Å². The number of fused-ring (bicyclic) bond motifs is 1. The molecule has 1 aliphatic rings. The first-order chi connectivity index (χ1) is 9.98. The average molecular weight is 321 g/mol. The van der Waals surface area contributed by atoms with E-state index in [0.717, 1.165) is 5.56 Å². The van der Waals surface area contributed by atoms with Gasteiger partial charge in [-0.1, -0.05) is 24.3 Å². The van der Waals surface area contributed by atoms with Gasteiger partial charge in [0, 0.05) is 12.1 Å². The van der Waals surface area contributed by atoms with E-state index in [1.807, 2.05) is 19.1 Å². The van der Waals surface area contributed by atoms with E-state index in [4.69, 9.17) is 0 Å². The molecule has 4 nitrogen and oxygen atoms in total. The molecule has 1 aromatic carbocycles. The fourth-order valence-corrected chi connectivity index (χ4v) is 5.58. The van der Waals surface area contributed by atoms with E-state index in [2.05, 4.69) is 0 Å². The fourth-order valence-electron chi connectivity index (χ4n) is 2.55. The van der Waals surface area contributed by atoms with Crippen LogP contribution in [0, 0.1) is 6.92 Å². The highest BCUT2D eigenvalue weighted by Gasteiger charge is 2.38. The summed E-state index contributed by atoms with van der Waals surface area (Å²) in [5, 5.41) is 12.9. The zero-order chi connectivity index (χ0) is 15.2. The summed E-state index contributed by atoms with van der Waals surface area (Å²) in [4.78, 5) is -0.00616. The Kier molecular flexibility index (Phi) is 3.30. The number of aliphatic hydroxyl groups is 1. The van der Waals surface area contributed by atoms with Crippen LogP contribution in [0.15, 0.2) is 35.7 Å². The van der Waals surface area contributed by atoms with E-state index in [0.29, 0.717) is 22.7 Å². The van der Waals surface area contributed by atoms with Gasteiger partial charge in [-0.25, -0.2) is 8.42 Å². The second-order valence-corrected chi connectivity index (χ2v) is 7.50. The summed E-state index contributed by atoms with van der Waals surface area (Å²) in [5.41, 5.74) is 1.94. The summed E-state index contributed by atoms with van der Waals surface area (Å²) in [7, 11) is -3.75. The molecular weight excluding hydrogens is 306 g/mol. The van der Waals surface area contributed by atoms with Crippen LogP contribution < -0.4 is 4.31 Å². The van der Waals surface area contributed by atoms with E-state index in [1.54, 1.807) is 30.5 Å². The quantitative estimate of drug-likeness (QED) is 0.919. The molecule has 0 spiro atoms. The third-order valence-corrected chi connectivity index (χ3v) is 6.57. The highest BCUT2D eigenvalue weighted by molar-refractivity contribution is 8.02. The van der Waals surface area contributed by atoms with Gasteiger partial charge < -0.3 is 5.11 Å². The fraction of sp³-hybridized carbons (Fsp3) is 0.200. The Bertz CT molecular complexity index is 834. The molecule has 0 unspecified atom stereocenters. The van der Waals surface area contributed by atoms with Crippen LogP contribution >= 0.6 is 11.3 Å². The van der Waals surface area contributed by atoms with Crippen LogP contribution in [0.1, 0.15) is 23.6 Å². The number of rotatable bonds is 2. The minimum absolute atomic E-state index is 0.00616. The lowest BCUT2D eigenvalue weighted by Gasteiger charge is -2.29. The number of sulfonamides is 1. The summed E-state index contributed by atoms with van der Waals surface area (Å²) in [6.45, 7) is 3.96. The van der Waals surface area contributed by atoms with Gasteiger partial charge in [-0.05, 0) is 30.9 Å². The average Bonchev–Trinajstić information content (AvgIpc) is 2.90. The smallest absolute Gasteiger partial charge is 0.269 e. The second kappa shape index (κ2) is 4.89. The molecule has 2 heterocycles. The first kappa shape index (κ1) is 14.2. The lowest BCUT2D eigenvalue weighted by atomic mass is 10.1. The van der Waals surface area contributed by atoms with Crippen LogP contribution in [0.2, 0.25) is 0 Å². The van der Waals surface area contributed by atoms with Gasteiger partial charge in [0.2, 0.25) is 0 Å². The van der Waals surface area contributed by atoms with Crippen molar-refractivity contribution in [3.05, 3.63) is 52.4 Å². The predicted molar refractivity (Wildman–Crippen MR) is 86.9 cm³/mol. The van der Waals surface area contributed by atoms with E-state index in [1.165, 1.54) is 15.6 Å². The SMILES string of the molecule is CCN1c2sccc2C(O)=C(c2ccccc2C)S1(=O)=O. The van der Waals surface area contributed by atoms with Crippen molar-refractivity contribution >= 4 is 37.0 Å². The number of hydrogen-bond acceptors (Lipinski definition) is 4. The Labute approximate surface area is 128 Å². The van der Waals surface area contributed by atoms with Gasteiger partial charge in [0.05, 0.1) is 5.56 Å². The van der Waals surface area contributed by atoms with E-state index in [-0.39, 0.29) is 10.7 Å². The van der Waals surface area contributed by atoms with E-state index in [9.17, 15) is 13.5 Å². The molecule has 2 aromatic rings. The molecule has 0 saturated heterocycles. The molecule has 1 aliphatic heterocycles. The molecule has 0 amide bonds. The van der Waals surface area contributed by atoms with Crippen molar-refractivity contribution < 1.29 is 13.5 Å². The molecule has 0 atom stereocenters. The van der Waals surface area contributed by atoms with Crippen LogP contribution in [-0.2, 0) is 10.0 Å². The largest absolute Gasteiger partial charge is 0.506 e. The normalized spacial score (nSPS) is 17.0. The van der Waals surface area contributed by atoms with Crippen LogP contribution in [-0.4, -0.2) is 20.1 Å². The molecule has 6 heteroatoms. The third-order valence-electron chi connectivity index (χ3n) is 3.57. The molecular formula is C15H15NO3S2. The number of thiophene rings is 1. The predicted octanol–water partition coefficient (Wildman–Crippen LogP) is 3.61. The molecule has 3 rings (SSSR count). The number of aryl methyl sites for hydroxylation is 1. The maximum Gasteiger partial charge on any atom is 0.269 e. The maximum atomic E-state index is 12.9. The second-order valence-electron chi connectivity index (χ2n) is 4.80. The van der Waals surface area contributed by atoms with Crippen LogP contribution in [0.3, 0.4) is 0 Å². The van der Waals surface area contributed by atoms with Crippen molar-refractivity contribution in [3.8, 4) is 0 Å². The van der Waals surface area contributed by atoms with Crippen molar-refractivity contribution in [2.75, 3.05) is 10.8 Å². The molecule has 0 radical (unpaired) electrons. The van der Waals surface area contributed by atoms with Crippen molar-refractivity contribution in [1.29, 1.82) is 0 Å². The number of hydrogen-bond donors (Lipinski definition) is 1. The zero-order valence-corrected chi connectivity index (χ0v) is 13.3. The molecule has 110 valence electrons. The summed E-state index contributed by atoms with van der Waals surface area (Å²) < 4.78 is 27.1. The monoisotopic (exact) mass is 321 g/mol. The summed E-state index contributed by atoms with van der Waals surface area (Å²) in [6.07, 6.45) is 0. The van der Waals surface area contributed by atoms with Gasteiger partial charge in [-0.3, -0.25) is 4.31 Å². The van der Waals surface area contributed by atoms with Gasteiger partial charge in [0.25, 0.3) is 10.0 Å². The molecule has 0 aliphatic carbocycles. The van der Waals surface area contributed by atoms with E-state index >= 15 is 0 Å². The molecule has 0 fully saturated rings. The number of benzene rings is 1. The highest BCUT2D eigenvalue weighted by atomic mass is 32.2. The molecule has 0 bridgehead atoms. The highest BCUT2D eigenvalue weighted by Crippen LogP contribution is 2.45. The minimum atomic E-state index is -3.75. The zero-order valence-electron chi connectivity index (χ0n) is 11.7. The van der Waals surface area contributed by atoms with Gasteiger partial charge >= 0.3 is 0 Å². The van der Waals surface area contributed by atoms with Gasteiger partial charge in [0.1, 0.15) is 15.7 Å². The Morgan fingerprint density at radius 1 is 1.19 bits per heavy atom. The number of nitrogens with zero attached hydrogens (tertiary/aromatic N) is 1. The molecule has 1 aromatic heterocycles. The lowest BCUT2D eigenvalue weighted by molar-refractivity contribution is 0.513. The van der Waals surface area contributed by atoms with Gasteiger partial charge in [-0.15, -0.1) is 11.3 Å². The van der Waals surface area contributed by atoms with Crippen molar-refractivity contribution in [1.82, 2.24) is 0 Å². The lowest BCUT2D eigenvalue weighted by Crippen LogP contribution is -2.34. The third kappa shape index (κ3) is 1.98. The minimum Gasteiger partial charge on any atom is -0.506 e. The standard InChI is InChI=1S/C15H15NO3S2/c1-3-16-15-12(8-9-20-15)13(17)14(21(16,18)19)11-7-5-4-6-10(11)2/h4-9,17H,3H2,1-2H3. The Hall–Kier alpha value is -1.79. The van der Waals surface area contributed by atoms with Gasteiger partial charge in [-0.2, -0.15) is 0 Å². The first-order valence-electron chi connectivity index (χ1n) is 6.58. The summed E-state index contributed by atoms with van der Waals surface area (Å²) >= 11 is 1.32. The van der Waals surface area contributed by atoms with Crippen molar-refractivity contribution in [2.24, 2.45) is 0 Å². The Balaban J connectivity index is 2.38. The summed E-state index contributed by atoms with van der Waals surface area (Å²) in [5.74, 6) is -0.162. The first-order valence-corrected chi connectivity index (χ1v) is 8.90. The van der Waals surface area contributed by atoms with Crippen molar-refractivity contribution in [2.45, 2.75) is 13.8 Å². The van der Waals surface area contributed by atoms with Crippen molar-refractivity contribution in [3.63, 3.8) is 0 Å². The van der Waals surface area contributed by atoms with Crippen LogP contribution in [0.5, 0.6) is 0 Å². The van der Waals surface area contributed by atoms with Gasteiger partial charge in [0.15, 0.2) is 0 Å². The maximum absolute atomic E-state index is 12.9. The Morgan fingerprint density at radius 3 is 2.57 bits per heavy atom. The molecule has 0 saturated carbocycles. The topological polar surface area (TPSA) is 57.6 Å². The van der Waals surface area contributed by atoms with Crippen LogP contribution in [0.25, 0.3) is 10.7 Å². The Morgan fingerprint density at radius 2 is 1.90 bits per heavy atom. The van der Waals surface area contributed by atoms with E-state index < -0.39 is 10.0 Å². The number of anilines is 1. The molecule has 21 heavy (non-hydrogen) atoms.